The Kier molecular flexibility index (Phi) is 4.77. The largest absolute Gasteiger partial charge is 0.351 e. The van der Waals surface area contributed by atoms with E-state index in [4.69, 9.17) is 0 Å². The number of benzene rings is 2. The number of nitrogens with zero attached hydrogens (tertiary/aromatic N) is 3. The second-order valence-electron chi connectivity index (χ2n) is 7.37. The fraction of sp³-hybridized carbons (Fsp3) is 0.273. The van der Waals surface area contributed by atoms with Gasteiger partial charge in [-0.15, -0.1) is 0 Å². The maximum atomic E-state index is 13.2. The fourth-order valence-corrected chi connectivity index (χ4v) is 4.88. The number of halogens is 1. The highest BCUT2D eigenvalue weighted by Crippen LogP contribution is 2.30. The number of hydrogen-bond donors (Lipinski definition) is 1. The molecular formula is C22H21FN4OS. The van der Waals surface area contributed by atoms with Crippen LogP contribution in [-0.4, -0.2) is 46.4 Å². The minimum Gasteiger partial charge on any atom is -0.351 e. The van der Waals surface area contributed by atoms with Crippen molar-refractivity contribution >= 4 is 32.4 Å². The molecule has 1 saturated heterocycles. The summed E-state index contributed by atoms with van der Waals surface area (Å²) < 4.78 is 16.2. The minimum atomic E-state index is -0.258. The first-order valence-corrected chi connectivity index (χ1v) is 10.7. The first-order valence-electron chi connectivity index (χ1n) is 9.85. The van der Waals surface area contributed by atoms with E-state index in [9.17, 15) is 9.18 Å². The number of thiazole rings is 1. The Labute approximate surface area is 171 Å². The molecule has 2 aromatic heterocycles. The van der Waals surface area contributed by atoms with E-state index in [1.54, 1.807) is 23.5 Å². The highest BCUT2D eigenvalue weighted by molar-refractivity contribution is 7.23. The van der Waals surface area contributed by atoms with Gasteiger partial charge in [-0.3, -0.25) is 9.20 Å². The summed E-state index contributed by atoms with van der Waals surface area (Å²) in [4.78, 5) is 20.4. The predicted octanol–water partition coefficient (Wildman–Crippen LogP) is 4.18. The summed E-state index contributed by atoms with van der Waals surface area (Å²) in [7, 11) is 0. The number of carbonyl (C=O) groups is 1. The van der Waals surface area contributed by atoms with Crippen LogP contribution in [0, 0.1) is 5.82 Å². The third-order valence-corrected chi connectivity index (χ3v) is 6.43. The van der Waals surface area contributed by atoms with Crippen LogP contribution in [-0.2, 0) is 0 Å². The van der Waals surface area contributed by atoms with Crippen LogP contribution in [0.25, 0.3) is 26.4 Å². The fourth-order valence-electron chi connectivity index (χ4n) is 3.84. The number of likely N-dealkylation sites (tertiary alicyclic amines) is 1. The summed E-state index contributed by atoms with van der Waals surface area (Å²) in [5.74, 6) is -0.296. The van der Waals surface area contributed by atoms with Crippen LogP contribution in [0.4, 0.5) is 4.39 Å². The zero-order valence-electron chi connectivity index (χ0n) is 15.9. The van der Waals surface area contributed by atoms with Crippen LogP contribution in [0.15, 0.2) is 48.7 Å². The molecule has 0 bridgehead atoms. The van der Waals surface area contributed by atoms with Gasteiger partial charge >= 0.3 is 0 Å². The van der Waals surface area contributed by atoms with Crippen molar-refractivity contribution in [3.63, 3.8) is 0 Å². The van der Waals surface area contributed by atoms with E-state index in [0.29, 0.717) is 12.1 Å². The molecule has 29 heavy (non-hydrogen) atoms. The molecule has 1 fully saturated rings. The summed E-state index contributed by atoms with van der Waals surface area (Å²) in [6.07, 6.45) is 4.47. The highest BCUT2D eigenvalue weighted by Gasteiger charge is 2.14. The maximum absolute atomic E-state index is 13.2. The second kappa shape index (κ2) is 7.57. The molecule has 5 rings (SSSR count). The molecular weight excluding hydrogens is 387 g/mol. The molecule has 1 aliphatic heterocycles. The van der Waals surface area contributed by atoms with E-state index in [1.807, 2.05) is 28.8 Å². The molecule has 5 nitrogen and oxygen atoms in total. The maximum Gasteiger partial charge on any atom is 0.251 e. The van der Waals surface area contributed by atoms with E-state index in [-0.39, 0.29) is 11.7 Å². The molecule has 0 unspecified atom stereocenters. The number of imidazole rings is 1. The molecule has 0 aliphatic carbocycles. The zero-order valence-corrected chi connectivity index (χ0v) is 16.7. The number of fused-ring (bicyclic) bond motifs is 3. The molecule has 1 aliphatic rings. The Morgan fingerprint density at radius 2 is 1.93 bits per heavy atom. The Bertz CT molecular complexity index is 1170. The summed E-state index contributed by atoms with van der Waals surface area (Å²) >= 11 is 1.55. The number of nitrogens with one attached hydrogen (secondary N) is 1. The molecule has 3 heterocycles. The SMILES string of the molecule is O=C(NCCN1CCCC1)c1ccc2c(c1)sc1nc(-c3ccc(F)cc3)cn12. The minimum absolute atomic E-state index is 0.0378. The van der Waals surface area contributed by atoms with Crippen LogP contribution in [0.1, 0.15) is 23.2 Å². The molecule has 4 aromatic rings. The third-order valence-electron chi connectivity index (χ3n) is 5.41. The van der Waals surface area contributed by atoms with E-state index in [1.165, 1.54) is 25.0 Å². The Hall–Kier alpha value is -2.77. The average molecular weight is 409 g/mol. The summed E-state index contributed by atoms with van der Waals surface area (Å²) in [5.41, 5.74) is 3.37. The quantitative estimate of drug-likeness (QED) is 0.539. The van der Waals surface area contributed by atoms with E-state index in [2.05, 4.69) is 15.2 Å². The average Bonchev–Trinajstić information content (AvgIpc) is 3.44. The van der Waals surface area contributed by atoms with Crippen molar-refractivity contribution in [3.05, 3.63) is 60.0 Å². The lowest BCUT2D eigenvalue weighted by atomic mass is 10.2. The van der Waals surface area contributed by atoms with Gasteiger partial charge in [-0.25, -0.2) is 9.37 Å². The smallest absolute Gasteiger partial charge is 0.251 e. The number of hydrogen-bond acceptors (Lipinski definition) is 4. The molecule has 0 spiro atoms. The lowest BCUT2D eigenvalue weighted by Gasteiger charge is -2.14. The molecule has 0 saturated carbocycles. The van der Waals surface area contributed by atoms with Crippen LogP contribution < -0.4 is 5.32 Å². The molecule has 148 valence electrons. The van der Waals surface area contributed by atoms with Gasteiger partial charge in [-0.05, 0) is 68.4 Å². The Morgan fingerprint density at radius 1 is 1.14 bits per heavy atom. The Morgan fingerprint density at radius 3 is 2.72 bits per heavy atom. The van der Waals surface area contributed by atoms with Gasteiger partial charge in [0.15, 0.2) is 4.96 Å². The monoisotopic (exact) mass is 408 g/mol. The van der Waals surface area contributed by atoms with Gasteiger partial charge in [0.2, 0.25) is 0 Å². The predicted molar refractivity (Wildman–Crippen MR) is 114 cm³/mol. The van der Waals surface area contributed by atoms with Gasteiger partial charge in [0.05, 0.1) is 15.9 Å². The number of rotatable bonds is 5. The lowest BCUT2D eigenvalue weighted by Crippen LogP contribution is -2.33. The zero-order chi connectivity index (χ0) is 19.8. The highest BCUT2D eigenvalue weighted by atomic mass is 32.1. The molecule has 2 aromatic carbocycles. The molecule has 7 heteroatoms. The van der Waals surface area contributed by atoms with Crippen LogP contribution >= 0.6 is 11.3 Å². The molecule has 1 N–H and O–H groups in total. The van der Waals surface area contributed by atoms with Gasteiger partial charge in [0.25, 0.3) is 5.91 Å². The van der Waals surface area contributed by atoms with Gasteiger partial charge in [0.1, 0.15) is 5.82 Å². The van der Waals surface area contributed by atoms with Crippen molar-refractivity contribution < 1.29 is 9.18 Å². The van der Waals surface area contributed by atoms with Crippen molar-refractivity contribution in [1.82, 2.24) is 19.6 Å². The van der Waals surface area contributed by atoms with E-state index >= 15 is 0 Å². The van der Waals surface area contributed by atoms with Gasteiger partial charge in [0, 0.05) is 30.4 Å². The summed E-state index contributed by atoms with van der Waals surface area (Å²) in [5, 5.41) is 3.02. The topological polar surface area (TPSA) is 49.6 Å². The van der Waals surface area contributed by atoms with Crippen LogP contribution in [0.5, 0.6) is 0 Å². The van der Waals surface area contributed by atoms with Crippen molar-refractivity contribution in [2.24, 2.45) is 0 Å². The second-order valence-corrected chi connectivity index (χ2v) is 8.38. The van der Waals surface area contributed by atoms with E-state index in [0.717, 1.165) is 46.1 Å². The lowest BCUT2D eigenvalue weighted by molar-refractivity contribution is 0.0950. The summed E-state index contributed by atoms with van der Waals surface area (Å²) in [6.45, 7) is 3.85. The first-order chi connectivity index (χ1) is 14.2. The Balaban J connectivity index is 1.35. The van der Waals surface area contributed by atoms with Crippen molar-refractivity contribution in [3.8, 4) is 11.3 Å². The third kappa shape index (κ3) is 3.63. The molecule has 0 radical (unpaired) electrons. The van der Waals surface area contributed by atoms with Crippen LogP contribution in [0.3, 0.4) is 0 Å². The number of carbonyl (C=O) groups excluding carboxylic acids is 1. The van der Waals surface area contributed by atoms with Crippen molar-refractivity contribution in [2.75, 3.05) is 26.2 Å². The van der Waals surface area contributed by atoms with Gasteiger partial charge in [-0.1, -0.05) is 11.3 Å². The van der Waals surface area contributed by atoms with Crippen molar-refractivity contribution in [2.45, 2.75) is 12.8 Å². The number of amides is 1. The van der Waals surface area contributed by atoms with Crippen LogP contribution in [0.2, 0.25) is 0 Å². The van der Waals surface area contributed by atoms with Crippen molar-refractivity contribution in [1.29, 1.82) is 0 Å². The van der Waals surface area contributed by atoms with Gasteiger partial charge < -0.3 is 10.2 Å². The summed E-state index contributed by atoms with van der Waals surface area (Å²) in [6, 6.07) is 12.1. The molecule has 1 amide bonds. The first kappa shape index (κ1) is 18.3. The van der Waals surface area contributed by atoms with E-state index < -0.39 is 0 Å². The normalized spacial score (nSPS) is 14.8. The molecule has 0 atom stereocenters. The van der Waals surface area contributed by atoms with Gasteiger partial charge in [-0.2, -0.15) is 0 Å². The number of aromatic nitrogens is 2. The standard InChI is InChI=1S/C22H21FN4OS/c23-17-6-3-15(4-7-17)18-14-27-19-8-5-16(13-20(19)29-22(27)25-18)21(28)24-9-12-26-10-1-2-11-26/h3-8,13-14H,1-2,9-12H2,(H,24,28).